The van der Waals surface area contributed by atoms with Crippen molar-refractivity contribution in [1.29, 1.82) is 0 Å². The molecule has 0 aromatic rings. The summed E-state index contributed by atoms with van der Waals surface area (Å²) in [6.07, 6.45) is 7.78. The average molecular weight is 266 g/mol. The van der Waals surface area contributed by atoms with Gasteiger partial charge >= 0.3 is 6.03 Å². The van der Waals surface area contributed by atoms with Crippen LogP contribution in [-0.2, 0) is 0 Å². The van der Waals surface area contributed by atoms with Gasteiger partial charge in [0.05, 0.1) is 6.10 Å². The van der Waals surface area contributed by atoms with Crippen molar-refractivity contribution in [2.45, 2.75) is 51.6 Å². The minimum absolute atomic E-state index is 0.128. The molecule has 0 aromatic carbocycles. The number of hydrogen-bond acceptors (Lipinski definition) is 2. The lowest BCUT2D eigenvalue weighted by molar-refractivity contribution is -0.0498. The van der Waals surface area contributed by atoms with Crippen LogP contribution in [0.1, 0.15) is 45.4 Å². The van der Waals surface area contributed by atoms with Crippen molar-refractivity contribution in [1.82, 2.24) is 10.6 Å². The summed E-state index contributed by atoms with van der Waals surface area (Å²) in [7, 11) is 0. The minimum Gasteiger partial charge on any atom is -0.392 e. The fourth-order valence-corrected chi connectivity index (χ4v) is 5.08. The van der Waals surface area contributed by atoms with Gasteiger partial charge < -0.3 is 15.7 Å². The summed E-state index contributed by atoms with van der Waals surface area (Å²) in [6.45, 7) is 2.83. The Morgan fingerprint density at radius 1 is 1.16 bits per heavy atom. The molecule has 4 aliphatic rings. The molecule has 0 aliphatic heterocycles. The molecule has 4 bridgehead atoms. The van der Waals surface area contributed by atoms with E-state index in [1.165, 1.54) is 38.5 Å². The van der Waals surface area contributed by atoms with E-state index in [9.17, 15) is 4.79 Å². The SMILES string of the molecule is CC(O)CNC(=O)NCC12CC3CC(CC(C3)C1)C2. The fourth-order valence-electron chi connectivity index (χ4n) is 5.08. The van der Waals surface area contributed by atoms with E-state index in [0.29, 0.717) is 12.0 Å². The molecule has 1 unspecified atom stereocenters. The maximum Gasteiger partial charge on any atom is 0.314 e. The summed E-state index contributed by atoms with van der Waals surface area (Å²) in [5, 5.41) is 14.9. The van der Waals surface area contributed by atoms with E-state index in [2.05, 4.69) is 10.6 Å². The quantitative estimate of drug-likeness (QED) is 0.727. The van der Waals surface area contributed by atoms with Gasteiger partial charge in [-0.1, -0.05) is 0 Å². The molecule has 0 heterocycles. The Morgan fingerprint density at radius 3 is 2.16 bits per heavy atom. The molecule has 4 heteroatoms. The summed E-state index contributed by atoms with van der Waals surface area (Å²) in [4.78, 5) is 11.7. The van der Waals surface area contributed by atoms with Crippen LogP contribution in [0.25, 0.3) is 0 Å². The second kappa shape index (κ2) is 4.97. The molecule has 19 heavy (non-hydrogen) atoms. The topological polar surface area (TPSA) is 61.4 Å². The largest absolute Gasteiger partial charge is 0.392 e. The number of carbonyl (C=O) groups is 1. The van der Waals surface area contributed by atoms with Crippen LogP contribution >= 0.6 is 0 Å². The van der Waals surface area contributed by atoms with Gasteiger partial charge in [0, 0.05) is 13.1 Å². The van der Waals surface area contributed by atoms with E-state index in [1.807, 2.05) is 0 Å². The zero-order chi connectivity index (χ0) is 13.5. The lowest BCUT2D eigenvalue weighted by Crippen LogP contribution is -2.52. The van der Waals surface area contributed by atoms with Crippen LogP contribution in [0.4, 0.5) is 4.79 Å². The monoisotopic (exact) mass is 266 g/mol. The number of aliphatic hydroxyl groups is 1. The highest BCUT2D eigenvalue weighted by molar-refractivity contribution is 5.73. The number of nitrogens with one attached hydrogen (secondary N) is 2. The van der Waals surface area contributed by atoms with Gasteiger partial charge in [0.15, 0.2) is 0 Å². The third kappa shape index (κ3) is 2.88. The van der Waals surface area contributed by atoms with E-state index < -0.39 is 6.10 Å². The van der Waals surface area contributed by atoms with Gasteiger partial charge in [0.1, 0.15) is 0 Å². The molecule has 4 aliphatic carbocycles. The van der Waals surface area contributed by atoms with Crippen LogP contribution in [0.3, 0.4) is 0 Å². The van der Waals surface area contributed by atoms with Crippen molar-refractivity contribution in [3.8, 4) is 0 Å². The Kier molecular flexibility index (Phi) is 3.46. The molecule has 1 atom stereocenters. The number of aliphatic hydroxyl groups excluding tert-OH is 1. The molecule has 3 N–H and O–H groups in total. The second-order valence-electron chi connectivity index (χ2n) is 7.33. The van der Waals surface area contributed by atoms with Gasteiger partial charge in [0.25, 0.3) is 0 Å². The summed E-state index contributed by atoms with van der Waals surface area (Å²) in [5.41, 5.74) is 0.386. The van der Waals surface area contributed by atoms with E-state index in [0.717, 1.165) is 24.3 Å². The molecule has 2 amide bonds. The zero-order valence-electron chi connectivity index (χ0n) is 11.8. The molecule has 4 rings (SSSR count). The smallest absolute Gasteiger partial charge is 0.314 e. The van der Waals surface area contributed by atoms with Gasteiger partial charge in [-0.2, -0.15) is 0 Å². The van der Waals surface area contributed by atoms with Crippen LogP contribution in [0.15, 0.2) is 0 Å². The van der Waals surface area contributed by atoms with Gasteiger partial charge in [-0.05, 0) is 68.6 Å². The maximum absolute atomic E-state index is 11.7. The molecular formula is C15H26N2O2. The first kappa shape index (κ1) is 13.2. The first-order valence-electron chi connectivity index (χ1n) is 7.74. The van der Waals surface area contributed by atoms with Crippen LogP contribution in [0, 0.1) is 23.2 Å². The molecule has 0 aromatic heterocycles. The normalized spacial score (nSPS) is 41.1. The van der Waals surface area contributed by atoms with Crippen molar-refractivity contribution >= 4 is 6.03 Å². The maximum atomic E-state index is 11.7. The molecule has 0 radical (unpaired) electrons. The average Bonchev–Trinajstić information content (AvgIpc) is 2.32. The molecule has 108 valence electrons. The number of rotatable bonds is 4. The Labute approximate surface area is 115 Å². The van der Waals surface area contributed by atoms with Gasteiger partial charge in [-0.3, -0.25) is 0 Å². The third-order valence-corrected chi connectivity index (χ3v) is 5.35. The van der Waals surface area contributed by atoms with Crippen LogP contribution in [0.2, 0.25) is 0 Å². The van der Waals surface area contributed by atoms with E-state index in [4.69, 9.17) is 5.11 Å². The first-order valence-corrected chi connectivity index (χ1v) is 7.74. The first-order chi connectivity index (χ1) is 9.05. The molecular weight excluding hydrogens is 240 g/mol. The molecule has 4 nitrogen and oxygen atoms in total. The van der Waals surface area contributed by atoms with Crippen molar-refractivity contribution in [3.05, 3.63) is 0 Å². The van der Waals surface area contributed by atoms with Crippen LogP contribution < -0.4 is 10.6 Å². The lowest BCUT2D eigenvalue weighted by atomic mass is 9.49. The van der Waals surface area contributed by atoms with Crippen molar-refractivity contribution in [2.24, 2.45) is 23.2 Å². The van der Waals surface area contributed by atoms with Gasteiger partial charge in [-0.25, -0.2) is 4.79 Å². The summed E-state index contributed by atoms with van der Waals surface area (Å²) < 4.78 is 0. The number of hydrogen-bond donors (Lipinski definition) is 3. The fraction of sp³-hybridized carbons (Fsp3) is 0.933. The van der Waals surface area contributed by atoms with Crippen LogP contribution in [-0.4, -0.2) is 30.3 Å². The highest BCUT2D eigenvalue weighted by Gasteiger charge is 2.50. The molecule has 4 saturated carbocycles. The van der Waals surface area contributed by atoms with E-state index >= 15 is 0 Å². The summed E-state index contributed by atoms with van der Waals surface area (Å²) in [5.74, 6) is 2.77. The molecule has 0 spiro atoms. The van der Waals surface area contributed by atoms with Crippen LogP contribution in [0.5, 0.6) is 0 Å². The van der Waals surface area contributed by atoms with Gasteiger partial charge in [-0.15, -0.1) is 0 Å². The van der Waals surface area contributed by atoms with Crippen molar-refractivity contribution in [2.75, 3.05) is 13.1 Å². The minimum atomic E-state index is -0.481. The highest BCUT2D eigenvalue weighted by Crippen LogP contribution is 2.59. The lowest BCUT2D eigenvalue weighted by Gasteiger charge is -2.56. The number of carbonyl (C=O) groups excluding carboxylic acids is 1. The summed E-state index contributed by atoms with van der Waals surface area (Å²) >= 11 is 0. The Hall–Kier alpha value is -0.770. The molecule has 0 saturated heterocycles. The Morgan fingerprint density at radius 2 is 1.68 bits per heavy atom. The Balaban J connectivity index is 1.51. The predicted octanol–water partition coefficient (Wildman–Crippen LogP) is 1.88. The van der Waals surface area contributed by atoms with E-state index in [1.54, 1.807) is 6.92 Å². The number of amides is 2. The summed E-state index contributed by atoms with van der Waals surface area (Å²) in [6, 6.07) is -0.128. The second-order valence-corrected chi connectivity index (χ2v) is 7.33. The van der Waals surface area contributed by atoms with Gasteiger partial charge in [0.2, 0.25) is 0 Å². The standard InChI is InChI=1S/C15H26N2O2/c1-10(18)8-16-14(19)17-9-15-5-11-2-12(6-15)4-13(3-11)7-15/h10-13,18H,2-9H2,1H3,(H2,16,17,19). The predicted molar refractivity (Wildman–Crippen MR) is 73.7 cm³/mol. The van der Waals surface area contributed by atoms with Crippen molar-refractivity contribution in [3.63, 3.8) is 0 Å². The van der Waals surface area contributed by atoms with E-state index in [-0.39, 0.29) is 6.03 Å². The number of urea groups is 1. The molecule has 4 fully saturated rings. The van der Waals surface area contributed by atoms with Crippen molar-refractivity contribution < 1.29 is 9.90 Å². The Bertz CT molecular complexity index is 319. The third-order valence-electron chi connectivity index (χ3n) is 5.35. The highest BCUT2D eigenvalue weighted by atomic mass is 16.3. The zero-order valence-corrected chi connectivity index (χ0v) is 11.8.